The van der Waals surface area contributed by atoms with Crippen molar-refractivity contribution in [1.29, 1.82) is 0 Å². The molecule has 1 atom stereocenters. The molecule has 0 aromatic carbocycles. The van der Waals surface area contributed by atoms with Crippen LogP contribution in [0.25, 0.3) is 0 Å². The summed E-state index contributed by atoms with van der Waals surface area (Å²) in [6.07, 6.45) is 2.96. The van der Waals surface area contributed by atoms with Crippen LogP contribution in [0, 0.1) is 11.3 Å². The number of carbonyl (C=O) groups is 1. The van der Waals surface area contributed by atoms with Gasteiger partial charge in [-0.1, -0.05) is 13.8 Å². The Morgan fingerprint density at radius 2 is 1.75 bits per heavy atom. The van der Waals surface area contributed by atoms with Gasteiger partial charge in [0.25, 0.3) is 0 Å². The third-order valence-electron chi connectivity index (χ3n) is 5.23. The standard InChI is InChI=1S/C16H31N3O/c1-12(2)18-8-5-13(6-9-18)15(20)19-10-7-14(17)16(3,4)11-19/h12-14H,5-11,17H2,1-4H3. The van der Waals surface area contributed by atoms with Crippen LogP contribution in [0.2, 0.25) is 0 Å². The summed E-state index contributed by atoms with van der Waals surface area (Å²) in [6, 6.07) is 0.812. The lowest BCUT2D eigenvalue weighted by atomic mass is 9.79. The fourth-order valence-corrected chi connectivity index (χ4v) is 3.48. The molecule has 2 fully saturated rings. The van der Waals surface area contributed by atoms with Crippen LogP contribution in [0.4, 0.5) is 0 Å². The lowest BCUT2D eigenvalue weighted by molar-refractivity contribution is -0.140. The van der Waals surface area contributed by atoms with Gasteiger partial charge < -0.3 is 15.5 Å². The molecule has 2 aliphatic heterocycles. The molecule has 4 nitrogen and oxygen atoms in total. The topological polar surface area (TPSA) is 49.6 Å². The van der Waals surface area contributed by atoms with Crippen molar-refractivity contribution in [2.75, 3.05) is 26.2 Å². The van der Waals surface area contributed by atoms with Crippen molar-refractivity contribution in [3.63, 3.8) is 0 Å². The van der Waals surface area contributed by atoms with E-state index in [-0.39, 0.29) is 17.4 Å². The number of nitrogens with two attached hydrogens (primary N) is 1. The Hall–Kier alpha value is -0.610. The zero-order chi connectivity index (χ0) is 14.9. The maximum Gasteiger partial charge on any atom is 0.225 e. The number of hydrogen-bond acceptors (Lipinski definition) is 3. The van der Waals surface area contributed by atoms with Crippen molar-refractivity contribution in [2.24, 2.45) is 17.1 Å². The molecule has 2 aliphatic rings. The van der Waals surface area contributed by atoms with E-state index in [4.69, 9.17) is 5.73 Å². The van der Waals surface area contributed by atoms with Crippen LogP contribution in [-0.4, -0.2) is 54.0 Å². The Morgan fingerprint density at radius 3 is 2.25 bits per heavy atom. The molecule has 0 aromatic heterocycles. The van der Waals surface area contributed by atoms with E-state index in [1.54, 1.807) is 0 Å². The van der Waals surface area contributed by atoms with Crippen molar-refractivity contribution < 1.29 is 4.79 Å². The number of amides is 1. The summed E-state index contributed by atoms with van der Waals surface area (Å²) in [5, 5.41) is 0. The molecule has 1 amide bonds. The molecule has 4 heteroatoms. The van der Waals surface area contributed by atoms with E-state index in [1.165, 1.54) is 0 Å². The summed E-state index contributed by atoms with van der Waals surface area (Å²) < 4.78 is 0. The first-order chi connectivity index (χ1) is 9.31. The second kappa shape index (κ2) is 6.02. The second-order valence-corrected chi connectivity index (χ2v) is 7.55. The van der Waals surface area contributed by atoms with Crippen LogP contribution >= 0.6 is 0 Å². The highest BCUT2D eigenvalue weighted by Crippen LogP contribution is 2.30. The monoisotopic (exact) mass is 281 g/mol. The Kier molecular flexibility index (Phi) is 4.75. The fourth-order valence-electron chi connectivity index (χ4n) is 3.48. The largest absolute Gasteiger partial charge is 0.342 e. The average molecular weight is 281 g/mol. The SMILES string of the molecule is CC(C)N1CCC(C(=O)N2CCC(N)C(C)(C)C2)CC1. The summed E-state index contributed by atoms with van der Waals surface area (Å²) in [7, 11) is 0. The molecule has 2 saturated heterocycles. The lowest BCUT2D eigenvalue weighted by Gasteiger charge is -2.44. The first-order valence-corrected chi connectivity index (χ1v) is 8.09. The molecule has 2 rings (SSSR count). The predicted molar refractivity (Wildman–Crippen MR) is 82.4 cm³/mol. The minimum atomic E-state index is 0.0482. The van der Waals surface area contributed by atoms with Gasteiger partial charge in [0, 0.05) is 31.1 Å². The van der Waals surface area contributed by atoms with Gasteiger partial charge in [0.1, 0.15) is 0 Å². The van der Waals surface area contributed by atoms with Crippen LogP contribution in [0.1, 0.15) is 47.0 Å². The van der Waals surface area contributed by atoms with E-state index in [1.807, 2.05) is 0 Å². The maximum absolute atomic E-state index is 12.7. The van der Waals surface area contributed by atoms with Crippen molar-refractivity contribution in [3.8, 4) is 0 Å². The van der Waals surface area contributed by atoms with E-state index in [0.717, 1.165) is 45.4 Å². The van der Waals surface area contributed by atoms with Gasteiger partial charge in [0.2, 0.25) is 5.91 Å². The van der Waals surface area contributed by atoms with Gasteiger partial charge in [-0.25, -0.2) is 0 Å². The van der Waals surface area contributed by atoms with Gasteiger partial charge in [-0.15, -0.1) is 0 Å². The van der Waals surface area contributed by atoms with Crippen molar-refractivity contribution >= 4 is 5.91 Å². The Balaban J connectivity index is 1.89. The highest BCUT2D eigenvalue weighted by atomic mass is 16.2. The Morgan fingerprint density at radius 1 is 1.15 bits per heavy atom. The van der Waals surface area contributed by atoms with Crippen LogP contribution in [0.3, 0.4) is 0 Å². The molecule has 0 saturated carbocycles. The van der Waals surface area contributed by atoms with Gasteiger partial charge in [-0.3, -0.25) is 4.79 Å². The molecule has 2 heterocycles. The summed E-state index contributed by atoms with van der Waals surface area (Å²) >= 11 is 0. The molecule has 0 bridgehead atoms. The highest BCUT2D eigenvalue weighted by molar-refractivity contribution is 5.79. The molecule has 116 valence electrons. The van der Waals surface area contributed by atoms with E-state index in [2.05, 4.69) is 37.5 Å². The van der Waals surface area contributed by atoms with E-state index < -0.39 is 0 Å². The van der Waals surface area contributed by atoms with Crippen LogP contribution in [-0.2, 0) is 4.79 Å². The van der Waals surface area contributed by atoms with E-state index in [0.29, 0.717) is 11.9 Å². The molecule has 1 unspecified atom stereocenters. The molecular formula is C16H31N3O. The van der Waals surface area contributed by atoms with Crippen molar-refractivity contribution in [3.05, 3.63) is 0 Å². The number of rotatable bonds is 2. The first-order valence-electron chi connectivity index (χ1n) is 8.09. The third-order valence-corrected chi connectivity index (χ3v) is 5.23. The Labute approximate surface area is 123 Å². The van der Waals surface area contributed by atoms with Gasteiger partial charge in [-0.2, -0.15) is 0 Å². The van der Waals surface area contributed by atoms with Gasteiger partial charge in [0.05, 0.1) is 0 Å². The summed E-state index contributed by atoms with van der Waals surface area (Å²) in [5.41, 5.74) is 6.21. The average Bonchev–Trinajstić information content (AvgIpc) is 2.41. The van der Waals surface area contributed by atoms with Crippen molar-refractivity contribution in [1.82, 2.24) is 9.80 Å². The van der Waals surface area contributed by atoms with E-state index >= 15 is 0 Å². The molecule has 2 N–H and O–H groups in total. The predicted octanol–water partition coefficient (Wildman–Crippen LogP) is 1.69. The molecule has 0 aliphatic carbocycles. The summed E-state index contributed by atoms with van der Waals surface area (Å²) in [4.78, 5) is 17.2. The van der Waals surface area contributed by atoms with Crippen LogP contribution in [0.5, 0.6) is 0 Å². The smallest absolute Gasteiger partial charge is 0.225 e. The normalized spacial score (nSPS) is 28.9. The quantitative estimate of drug-likeness (QED) is 0.838. The lowest BCUT2D eigenvalue weighted by Crippen LogP contribution is -2.55. The third kappa shape index (κ3) is 3.34. The van der Waals surface area contributed by atoms with Crippen LogP contribution < -0.4 is 5.73 Å². The fraction of sp³-hybridized carbons (Fsp3) is 0.938. The maximum atomic E-state index is 12.7. The zero-order valence-electron chi connectivity index (χ0n) is 13.6. The minimum Gasteiger partial charge on any atom is -0.342 e. The van der Waals surface area contributed by atoms with Crippen LogP contribution in [0.15, 0.2) is 0 Å². The first kappa shape index (κ1) is 15.8. The summed E-state index contributed by atoms with van der Waals surface area (Å²) in [6.45, 7) is 12.6. The summed E-state index contributed by atoms with van der Waals surface area (Å²) in [5.74, 6) is 0.600. The van der Waals surface area contributed by atoms with Gasteiger partial charge in [0.15, 0.2) is 0 Å². The Bertz CT molecular complexity index is 346. The minimum absolute atomic E-state index is 0.0482. The molecular weight excluding hydrogens is 250 g/mol. The number of carbonyl (C=O) groups excluding carboxylic acids is 1. The van der Waals surface area contributed by atoms with Crippen molar-refractivity contribution in [2.45, 2.75) is 59.0 Å². The molecule has 20 heavy (non-hydrogen) atoms. The van der Waals surface area contributed by atoms with Gasteiger partial charge in [-0.05, 0) is 51.6 Å². The number of hydrogen-bond donors (Lipinski definition) is 1. The van der Waals surface area contributed by atoms with E-state index in [9.17, 15) is 4.79 Å². The number of piperidine rings is 2. The molecule has 0 spiro atoms. The highest BCUT2D eigenvalue weighted by Gasteiger charge is 2.38. The van der Waals surface area contributed by atoms with Gasteiger partial charge >= 0.3 is 0 Å². The number of likely N-dealkylation sites (tertiary alicyclic amines) is 2. The zero-order valence-corrected chi connectivity index (χ0v) is 13.6. The second-order valence-electron chi connectivity index (χ2n) is 7.55. The number of nitrogens with zero attached hydrogens (tertiary/aromatic N) is 2. The molecule has 0 radical (unpaired) electrons. The molecule has 0 aromatic rings.